The van der Waals surface area contributed by atoms with Crippen molar-refractivity contribution >= 4 is 24.0 Å². The highest BCUT2D eigenvalue weighted by atomic mass is 35.5. The number of carbonyl (C=O) groups is 1. The zero-order valence-corrected chi connectivity index (χ0v) is 15.6. The lowest BCUT2D eigenvalue weighted by Crippen LogP contribution is -2.35. The summed E-state index contributed by atoms with van der Waals surface area (Å²) in [6.07, 6.45) is 6.87. The molecular formula is C19H31ClN2O2. The quantitative estimate of drug-likeness (QED) is 0.768. The lowest BCUT2D eigenvalue weighted by atomic mass is 9.89. The van der Waals surface area contributed by atoms with E-state index >= 15 is 0 Å². The van der Waals surface area contributed by atoms with Gasteiger partial charge in [-0.05, 0) is 42.9 Å². The molecule has 1 aromatic rings. The maximum Gasteiger partial charge on any atom is 0.241 e. The minimum absolute atomic E-state index is 0. The predicted molar refractivity (Wildman–Crippen MR) is 101 cm³/mol. The molecule has 1 aromatic carbocycles. The second kappa shape index (κ2) is 10.7. The van der Waals surface area contributed by atoms with E-state index in [2.05, 4.69) is 12.2 Å². The summed E-state index contributed by atoms with van der Waals surface area (Å²) in [5, 5.41) is 2.89. The fourth-order valence-electron chi connectivity index (χ4n) is 3.16. The van der Waals surface area contributed by atoms with Crippen molar-refractivity contribution in [3.63, 3.8) is 0 Å². The highest BCUT2D eigenvalue weighted by Gasteiger charge is 2.19. The molecule has 1 aliphatic carbocycles. The molecule has 0 bridgehead atoms. The maximum atomic E-state index is 12.0. The van der Waals surface area contributed by atoms with Crippen molar-refractivity contribution in [2.45, 2.75) is 71.1 Å². The molecule has 3 unspecified atom stereocenters. The van der Waals surface area contributed by atoms with Crippen LogP contribution in [-0.4, -0.2) is 18.1 Å². The van der Waals surface area contributed by atoms with E-state index in [4.69, 9.17) is 10.5 Å². The van der Waals surface area contributed by atoms with Gasteiger partial charge in [-0.15, -0.1) is 12.4 Å². The number of benzene rings is 1. The molecule has 0 aliphatic heterocycles. The van der Waals surface area contributed by atoms with Gasteiger partial charge in [0.1, 0.15) is 0 Å². The number of hydrogen-bond acceptors (Lipinski definition) is 3. The number of nitrogens with one attached hydrogen (secondary N) is 1. The van der Waals surface area contributed by atoms with E-state index in [1.165, 1.54) is 12.8 Å². The first-order valence-corrected chi connectivity index (χ1v) is 8.85. The SMILES string of the molecule is CCCC(N)C(=O)Nc1cccc(COC2CCCC(C)C2)c1.Cl. The van der Waals surface area contributed by atoms with E-state index in [9.17, 15) is 4.79 Å². The Labute approximate surface area is 151 Å². The lowest BCUT2D eigenvalue weighted by Gasteiger charge is -2.26. The van der Waals surface area contributed by atoms with Crippen LogP contribution in [0.15, 0.2) is 24.3 Å². The van der Waals surface area contributed by atoms with Crippen LogP contribution < -0.4 is 11.1 Å². The molecule has 1 saturated carbocycles. The van der Waals surface area contributed by atoms with E-state index in [1.807, 2.05) is 31.2 Å². The molecule has 0 spiro atoms. The maximum absolute atomic E-state index is 12.0. The largest absolute Gasteiger partial charge is 0.374 e. The van der Waals surface area contributed by atoms with Crippen LogP contribution in [0.1, 0.15) is 57.9 Å². The van der Waals surface area contributed by atoms with Crippen LogP contribution in [0.3, 0.4) is 0 Å². The molecule has 0 saturated heterocycles. The summed E-state index contributed by atoms with van der Waals surface area (Å²) in [6, 6.07) is 7.41. The fraction of sp³-hybridized carbons (Fsp3) is 0.632. The molecule has 2 rings (SSSR count). The molecule has 0 aromatic heterocycles. The van der Waals surface area contributed by atoms with Gasteiger partial charge in [-0.3, -0.25) is 4.79 Å². The van der Waals surface area contributed by atoms with Crippen molar-refractivity contribution in [1.29, 1.82) is 0 Å². The standard InChI is InChI=1S/C19H30N2O2.ClH/c1-3-6-18(20)19(22)21-16-9-5-8-15(12-16)13-23-17-10-4-7-14(2)11-17;/h5,8-9,12,14,17-18H,3-4,6-7,10-11,13,20H2,1-2H3,(H,21,22);1H. The van der Waals surface area contributed by atoms with Crippen LogP contribution >= 0.6 is 12.4 Å². The van der Waals surface area contributed by atoms with Gasteiger partial charge in [-0.2, -0.15) is 0 Å². The molecular weight excluding hydrogens is 324 g/mol. The topological polar surface area (TPSA) is 64.4 Å². The van der Waals surface area contributed by atoms with E-state index in [0.29, 0.717) is 19.1 Å². The molecule has 0 radical (unpaired) electrons. The summed E-state index contributed by atoms with van der Waals surface area (Å²) >= 11 is 0. The van der Waals surface area contributed by atoms with Gasteiger partial charge in [0.25, 0.3) is 0 Å². The average Bonchev–Trinajstić information content (AvgIpc) is 2.53. The summed E-state index contributed by atoms with van der Waals surface area (Å²) in [4.78, 5) is 12.0. The Balaban J connectivity index is 0.00000288. The Morgan fingerprint density at radius 2 is 2.21 bits per heavy atom. The summed E-state index contributed by atoms with van der Waals surface area (Å²) in [6.45, 7) is 4.92. The number of carbonyl (C=O) groups excluding carboxylic acids is 1. The Bertz CT molecular complexity index is 510. The van der Waals surface area contributed by atoms with Gasteiger partial charge >= 0.3 is 0 Å². The van der Waals surface area contributed by atoms with Crippen LogP contribution in [0.25, 0.3) is 0 Å². The molecule has 24 heavy (non-hydrogen) atoms. The minimum Gasteiger partial charge on any atom is -0.374 e. The van der Waals surface area contributed by atoms with Crippen molar-refractivity contribution < 1.29 is 9.53 Å². The fourth-order valence-corrected chi connectivity index (χ4v) is 3.16. The van der Waals surface area contributed by atoms with Gasteiger partial charge in [0.05, 0.1) is 18.8 Å². The van der Waals surface area contributed by atoms with Gasteiger partial charge in [-0.25, -0.2) is 0 Å². The molecule has 4 nitrogen and oxygen atoms in total. The Morgan fingerprint density at radius 1 is 1.42 bits per heavy atom. The van der Waals surface area contributed by atoms with Crippen LogP contribution in [-0.2, 0) is 16.1 Å². The zero-order valence-electron chi connectivity index (χ0n) is 14.8. The van der Waals surface area contributed by atoms with Crippen LogP contribution in [0.5, 0.6) is 0 Å². The first-order chi connectivity index (χ1) is 11.1. The molecule has 1 fully saturated rings. The lowest BCUT2D eigenvalue weighted by molar-refractivity contribution is -0.117. The molecule has 1 amide bonds. The number of nitrogens with two attached hydrogens (primary N) is 1. The number of anilines is 1. The molecule has 136 valence electrons. The summed E-state index contributed by atoms with van der Waals surface area (Å²) < 4.78 is 6.05. The Hall–Kier alpha value is -1.10. The Morgan fingerprint density at radius 3 is 2.92 bits per heavy atom. The third-order valence-electron chi connectivity index (χ3n) is 4.50. The molecule has 1 aliphatic rings. The summed E-state index contributed by atoms with van der Waals surface area (Å²) in [5.74, 6) is 0.644. The van der Waals surface area contributed by atoms with Crippen molar-refractivity contribution in [3.05, 3.63) is 29.8 Å². The molecule has 0 heterocycles. The van der Waals surface area contributed by atoms with E-state index in [0.717, 1.165) is 36.4 Å². The molecule has 3 atom stereocenters. The molecule has 5 heteroatoms. The highest BCUT2D eigenvalue weighted by molar-refractivity contribution is 5.94. The monoisotopic (exact) mass is 354 g/mol. The number of amides is 1. The third kappa shape index (κ3) is 6.80. The first-order valence-electron chi connectivity index (χ1n) is 8.85. The second-order valence-corrected chi connectivity index (χ2v) is 6.79. The number of ether oxygens (including phenoxy) is 1. The number of rotatable bonds is 7. The number of hydrogen-bond donors (Lipinski definition) is 2. The first kappa shape index (κ1) is 20.9. The second-order valence-electron chi connectivity index (χ2n) is 6.79. The predicted octanol–water partition coefficient (Wildman–Crippen LogP) is 4.27. The zero-order chi connectivity index (χ0) is 16.7. The average molecular weight is 355 g/mol. The van der Waals surface area contributed by atoms with Crippen LogP contribution in [0.2, 0.25) is 0 Å². The van der Waals surface area contributed by atoms with Crippen molar-refractivity contribution in [3.8, 4) is 0 Å². The Kier molecular flexibility index (Phi) is 9.34. The van der Waals surface area contributed by atoms with Crippen molar-refractivity contribution in [2.75, 3.05) is 5.32 Å². The minimum atomic E-state index is -0.441. The summed E-state index contributed by atoms with van der Waals surface area (Å²) in [7, 11) is 0. The third-order valence-corrected chi connectivity index (χ3v) is 4.50. The van der Waals surface area contributed by atoms with Gasteiger partial charge in [-0.1, -0.05) is 45.2 Å². The summed E-state index contributed by atoms with van der Waals surface area (Å²) in [5.41, 5.74) is 7.73. The van der Waals surface area contributed by atoms with Crippen LogP contribution in [0.4, 0.5) is 5.69 Å². The van der Waals surface area contributed by atoms with Gasteiger partial charge < -0.3 is 15.8 Å². The van der Waals surface area contributed by atoms with E-state index < -0.39 is 6.04 Å². The van der Waals surface area contributed by atoms with Crippen LogP contribution in [0, 0.1) is 5.92 Å². The van der Waals surface area contributed by atoms with E-state index in [-0.39, 0.29) is 18.3 Å². The van der Waals surface area contributed by atoms with Crippen molar-refractivity contribution in [1.82, 2.24) is 0 Å². The van der Waals surface area contributed by atoms with Gasteiger partial charge in [0, 0.05) is 5.69 Å². The van der Waals surface area contributed by atoms with Gasteiger partial charge in [0.15, 0.2) is 0 Å². The smallest absolute Gasteiger partial charge is 0.241 e. The highest BCUT2D eigenvalue weighted by Crippen LogP contribution is 2.26. The number of halogens is 1. The normalized spacial score (nSPS) is 21.6. The van der Waals surface area contributed by atoms with Gasteiger partial charge in [0.2, 0.25) is 5.91 Å². The van der Waals surface area contributed by atoms with Crippen molar-refractivity contribution in [2.24, 2.45) is 11.7 Å². The van der Waals surface area contributed by atoms with E-state index in [1.54, 1.807) is 0 Å². The molecule has 3 N–H and O–H groups in total.